The Kier molecular flexibility index (Phi) is 3.71. The van der Waals surface area contributed by atoms with E-state index in [1.54, 1.807) is 17.0 Å². The van der Waals surface area contributed by atoms with Crippen molar-refractivity contribution in [2.75, 3.05) is 20.2 Å². The Morgan fingerprint density at radius 3 is 2.89 bits per heavy atom. The lowest BCUT2D eigenvalue weighted by Gasteiger charge is -2.18. The van der Waals surface area contributed by atoms with Crippen molar-refractivity contribution in [2.45, 2.75) is 13.0 Å². The summed E-state index contributed by atoms with van der Waals surface area (Å²) in [4.78, 5) is 24.5. The van der Waals surface area contributed by atoms with E-state index in [1.165, 1.54) is 7.11 Å². The van der Waals surface area contributed by atoms with Crippen LogP contribution < -0.4 is 10.1 Å². The topological polar surface area (TPSA) is 84.4 Å². The molecule has 96 valence electrons. The maximum atomic E-state index is 11.7. The van der Waals surface area contributed by atoms with Gasteiger partial charge < -0.3 is 15.0 Å². The molecule has 1 aromatic heterocycles. The third kappa shape index (κ3) is 2.93. The van der Waals surface area contributed by atoms with Crippen LogP contribution in [-0.2, 0) is 16.1 Å². The number of ether oxygens (including phenoxy) is 1. The first-order valence-electron chi connectivity index (χ1n) is 5.60. The molecule has 1 aliphatic rings. The predicted molar refractivity (Wildman–Crippen MR) is 61.6 cm³/mol. The lowest BCUT2D eigenvalue weighted by Crippen LogP contribution is -2.35. The lowest BCUT2D eigenvalue weighted by molar-refractivity contribution is -0.130. The summed E-state index contributed by atoms with van der Waals surface area (Å²) < 4.78 is 4.91. The molecule has 1 saturated heterocycles. The van der Waals surface area contributed by atoms with E-state index in [0.717, 1.165) is 0 Å². The van der Waals surface area contributed by atoms with Crippen molar-refractivity contribution in [1.29, 1.82) is 0 Å². The molecule has 2 rings (SSSR count). The second kappa shape index (κ2) is 5.44. The van der Waals surface area contributed by atoms with Crippen LogP contribution in [-0.4, -0.2) is 47.1 Å². The van der Waals surface area contributed by atoms with Crippen molar-refractivity contribution >= 4 is 11.8 Å². The molecule has 1 N–H and O–H groups in total. The van der Waals surface area contributed by atoms with Crippen molar-refractivity contribution in [3.8, 4) is 5.88 Å². The zero-order valence-corrected chi connectivity index (χ0v) is 10.0. The molecule has 1 aliphatic heterocycles. The van der Waals surface area contributed by atoms with E-state index in [-0.39, 0.29) is 18.4 Å². The molecule has 0 saturated carbocycles. The van der Waals surface area contributed by atoms with Crippen molar-refractivity contribution in [3.05, 3.63) is 17.8 Å². The summed E-state index contributed by atoms with van der Waals surface area (Å²) in [5.74, 6) is 0.211. The third-order valence-corrected chi connectivity index (χ3v) is 2.66. The second-order valence-electron chi connectivity index (χ2n) is 3.91. The fourth-order valence-corrected chi connectivity index (χ4v) is 1.64. The molecule has 18 heavy (non-hydrogen) atoms. The second-order valence-corrected chi connectivity index (χ2v) is 3.91. The van der Waals surface area contributed by atoms with E-state index < -0.39 is 0 Å². The number of nitrogens with one attached hydrogen (secondary N) is 1. The average molecular weight is 250 g/mol. The number of amides is 2. The molecule has 1 fully saturated rings. The maximum Gasteiger partial charge on any atom is 0.242 e. The smallest absolute Gasteiger partial charge is 0.242 e. The number of aromatic nitrogens is 2. The molecule has 7 nitrogen and oxygen atoms in total. The number of rotatable bonds is 3. The number of carbonyl (C=O) groups excluding carboxylic acids is 2. The van der Waals surface area contributed by atoms with Crippen LogP contribution in [0.25, 0.3) is 0 Å². The largest absolute Gasteiger partial charge is 0.480 e. The number of nitrogens with zero attached hydrogens (tertiary/aromatic N) is 3. The molecule has 0 aromatic carbocycles. The quantitative estimate of drug-likeness (QED) is 0.769. The van der Waals surface area contributed by atoms with Gasteiger partial charge in [-0.1, -0.05) is 0 Å². The van der Waals surface area contributed by atoms with Gasteiger partial charge in [0.2, 0.25) is 17.7 Å². The number of hydrogen-bond donors (Lipinski definition) is 1. The van der Waals surface area contributed by atoms with E-state index in [9.17, 15) is 9.59 Å². The third-order valence-electron chi connectivity index (χ3n) is 2.66. The SMILES string of the molecule is COc1ccc(CN2CCC(=O)NCC2=O)nn1. The highest BCUT2D eigenvalue weighted by Crippen LogP contribution is 2.08. The molecule has 0 atom stereocenters. The van der Waals surface area contributed by atoms with Gasteiger partial charge in [-0.3, -0.25) is 9.59 Å². The minimum absolute atomic E-state index is 0.0441. The molecule has 0 unspecified atom stereocenters. The monoisotopic (exact) mass is 250 g/mol. The zero-order chi connectivity index (χ0) is 13.0. The van der Waals surface area contributed by atoms with Crippen LogP contribution in [0.15, 0.2) is 12.1 Å². The van der Waals surface area contributed by atoms with E-state index in [4.69, 9.17) is 4.74 Å². The summed E-state index contributed by atoms with van der Waals surface area (Å²) in [7, 11) is 1.51. The van der Waals surface area contributed by atoms with Gasteiger partial charge in [-0.25, -0.2) is 0 Å². The molecule has 7 heteroatoms. The normalized spacial score (nSPS) is 16.2. The van der Waals surface area contributed by atoms with Crippen LogP contribution in [0.1, 0.15) is 12.1 Å². The molecule has 2 amide bonds. The van der Waals surface area contributed by atoms with Crippen LogP contribution in [0.3, 0.4) is 0 Å². The number of methoxy groups -OCH3 is 1. The Bertz CT molecular complexity index is 446. The van der Waals surface area contributed by atoms with Crippen molar-refractivity contribution in [2.24, 2.45) is 0 Å². The summed E-state index contributed by atoms with van der Waals surface area (Å²) in [5.41, 5.74) is 0.665. The van der Waals surface area contributed by atoms with Gasteiger partial charge in [0.15, 0.2) is 0 Å². The first kappa shape index (κ1) is 12.3. The van der Waals surface area contributed by atoms with Gasteiger partial charge in [-0.05, 0) is 6.07 Å². The van der Waals surface area contributed by atoms with E-state index in [0.29, 0.717) is 31.1 Å². The van der Waals surface area contributed by atoms with Crippen LogP contribution in [0.2, 0.25) is 0 Å². The number of carbonyl (C=O) groups is 2. The molecular weight excluding hydrogens is 236 g/mol. The van der Waals surface area contributed by atoms with Gasteiger partial charge in [0.1, 0.15) is 0 Å². The van der Waals surface area contributed by atoms with Crippen LogP contribution in [0.4, 0.5) is 0 Å². The summed E-state index contributed by atoms with van der Waals surface area (Å²) in [5, 5.41) is 10.3. The zero-order valence-electron chi connectivity index (χ0n) is 10.0. The van der Waals surface area contributed by atoms with Gasteiger partial charge in [0.05, 0.1) is 25.9 Å². The minimum atomic E-state index is -0.113. The van der Waals surface area contributed by atoms with Crippen LogP contribution >= 0.6 is 0 Å². The van der Waals surface area contributed by atoms with Crippen LogP contribution in [0.5, 0.6) is 5.88 Å². The predicted octanol–water partition coefficient (Wildman–Crippen LogP) is -0.666. The maximum absolute atomic E-state index is 11.7. The molecule has 0 spiro atoms. The summed E-state index contributed by atoms with van der Waals surface area (Å²) in [6.45, 7) is 0.797. The molecule has 0 bridgehead atoms. The highest BCUT2D eigenvalue weighted by atomic mass is 16.5. The summed E-state index contributed by atoms with van der Waals surface area (Å²) in [6.07, 6.45) is 0.315. The molecule has 0 radical (unpaired) electrons. The first-order chi connectivity index (χ1) is 8.69. The van der Waals surface area contributed by atoms with E-state index in [2.05, 4.69) is 15.5 Å². The fraction of sp³-hybridized carbons (Fsp3) is 0.455. The Balaban J connectivity index is 2.02. The van der Waals surface area contributed by atoms with Crippen molar-refractivity contribution < 1.29 is 14.3 Å². The van der Waals surface area contributed by atoms with Gasteiger partial charge in [0.25, 0.3) is 0 Å². The molecule has 0 aliphatic carbocycles. The van der Waals surface area contributed by atoms with Crippen LogP contribution in [0, 0.1) is 0 Å². The standard InChI is InChI=1S/C11H14N4O3/c1-18-10-3-2-8(13-14-10)7-15-5-4-9(16)12-6-11(15)17/h2-3H,4-7H2,1H3,(H,12,16). The summed E-state index contributed by atoms with van der Waals surface area (Å²) >= 11 is 0. The fourth-order valence-electron chi connectivity index (χ4n) is 1.64. The van der Waals surface area contributed by atoms with E-state index in [1.807, 2.05) is 0 Å². The number of hydrogen-bond acceptors (Lipinski definition) is 5. The molecule has 2 heterocycles. The van der Waals surface area contributed by atoms with Crippen molar-refractivity contribution in [3.63, 3.8) is 0 Å². The Morgan fingerprint density at radius 1 is 1.39 bits per heavy atom. The minimum Gasteiger partial charge on any atom is -0.480 e. The Morgan fingerprint density at radius 2 is 2.22 bits per heavy atom. The Hall–Kier alpha value is -2.18. The highest BCUT2D eigenvalue weighted by molar-refractivity contribution is 5.87. The van der Waals surface area contributed by atoms with Gasteiger partial charge >= 0.3 is 0 Å². The molecule has 1 aromatic rings. The molecular formula is C11H14N4O3. The Labute approximate surface area is 104 Å². The van der Waals surface area contributed by atoms with Gasteiger partial charge in [-0.15, -0.1) is 5.10 Å². The highest BCUT2D eigenvalue weighted by Gasteiger charge is 2.20. The van der Waals surface area contributed by atoms with Gasteiger partial charge in [0, 0.05) is 19.0 Å². The van der Waals surface area contributed by atoms with Gasteiger partial charge in [-0.2, -0.15) is 5.10 Å². The summed E-state index contributed by atoms with van der Waals surface area (Å²) in [6, 6.07) is 3.44. The average Bonchev–Trinajstić information content (AvgIpc) is 2.55. The lowest BCUT2D eigenvalue weighted by atomic mass is 10.3. The van der Waals surface area contributed by atoms with Crippen molar-refractivity contribution in [1.82, 2.24) is 20.4 Å². The first-order valence-corrected chi connectivity index (χ1v) is 5.60. The van der Waals surface area contributed by atoms with E-state index >= 15 is 0 Å².